The Labute approximate surface area is 120 Å². The van der Waals surface area contributed by atoms with Crippen LogP contribution in [-0.2, 0) is 0 Å². The molecule has 0 saturated carbocycles. The van der Waals surface area contributed by atoms with E-state index in [4.69, 9.17) is 16.7 Å². The second kappa shape index (κ2) is 6.66. The maximum absolute atomic E-state index is 12.0. The topological polar surface area (TPSA) is 75.1 Å². The smallest absolute Gasteiger partial charge is 0.258 e. The summed E-state index contributed by atoms with van der Waals surface area (Å²) in [4.78, 5) is 19.9. The van der Waals surface area contributed by atoms with Crippen molar-refractivity contribution >= 4 is 23.3 Å². The summed E-state index contributed by atoms with van der Waals surface area (Å²) in [7, 11) is 0. The lowest BCUT2D eigenvalue weighted by atomic mass is 10.2. The highest BCUT2D eigenvalue weighted by atomic mass is 35.5. The van der Waals surface area contributed by atoms with Gasteiger partial charge in [-0.05, 0) is 18.2 Å². The minimum absolute atomic E-state index is 0.245. The quantitative estimate of drug-likeness (QED) is 0.825. The van der Waals surface area contributed by atoms with Crippen molar-refractivity contribution in [3.8, 4) is 11.8 Å². The van der Waals surface area contributed by atoms with Gasteiger partial charge in [0.25, 0.3) is 5.91 Å². The molecule has 0 radical (unpaired) electrons. The van der Waals surface area contributed by atoms with Crippen molar-refractivity contribution in [3.05, 3.63) is 52.9 Å². The fraction of sp³-hybridized carbons (Fsp3) is 0.0714. The summed E-state index contributed by atoms with van der Waals surface area (Å²) in [5, 5.41) is 11.7. The van der Waals surface area contributed by atoms with Gasteiger partial charge in [-0.15, -0.1) is 0 Å². The number of nitrogens with zero attached hydrogens (tertiary/aromatic N) is 2. The molecule has 2 rings (SSSR count). The van der Waals surface area contributed by atoms with Gasteiger partial charge < -0.3 is 10.4 Å². The first kappa shape index (κ1) is 14.0. The van der Waals surface area contributed by atoms with Crippen LogP contribution in [0.3, 0.4) is 0 Å². The number of aliphatic hydroxyl groups excluding tert-OH is 1. The van der Waals surface area contributed by atoms with Crippen LogP contribution in [0.1, 0.15) is 15.9 Å². The molecule has 0 aliphatic heterocycles. The van der Waals surface area contributed by atoms with Crippen molar-refractivity contribution in [3.63, 3.8) is 0 Å². The van der Waals surface area contributed by atoms with Gasteiger partial charge in [0.1, 0.15) is 12.4 Å². The molecule has 2 aromatic heterocycles. The van der Waals surface area contributed by atoms with Crippen molar-refractivity contribution in [2.45, 2.75) is 0 Å². The maximum Gasteiger partial charge on any atom is 0.258 e. The summed E-state index contributed by atoms with van der Waals surface area (Å²) in [6.07, 6.45) is 4.38. The maximum atomic E-state index is 12.0. The fourth-order valence-electron chi connectivity index (χ4n) is 1.41. The molecule has 2 N–H and O–H groups in total. The number of nitrogens with one attached hydrogen (secondary N) is 1. The zero-order valence-electron chi connectivity index (χ0n) is 10.3. The van der Waals surface area contributed by atoms with E-state index in [2.05, 4.69) is 27.1 Å². The van der Waals surface area contributed by atoms with E-state index >= 15 is 0 Å². The first-order valence-electron chi connectivity index (χ1n) is 5.67. The van der Waals surface area contributed by atoms with Gasteiger partial charge in [0, 0.05) is 24.2 Å². The van der Waals surface area contributed by atoms with Crippen LogP contribution >= 0.6 is 11.6 Å². The SMILES string of the molecule is O=C(Nc1ccc(Cl)cn1)c1cncc(C#CCO)c1. The van der Waals surface area contributed by atoms with Gasteiger partial charge in [-0.2, -0.15) is 0 Å². The van der Waals surface area contributed by atoms with Crippen molar-refractivity contribution in [1.29, 1.82) is 0 Å². The summed E-state index contributed by atoms with van der Waals surface area (Å²) in [5.41, 5.74) is 0.905. The van der Waals surface area contributed by atoms with E-state index in [-0.39, 0.29) is 12.5 Å². The molecule has 0 aromatic carbocycles. The monoisotopic (exact) mass is 287 g/mol. The van der Waals surface area contributed by atoms with E-state index in [0.29, 0.717) is 22.0 Å². The van der Waals surface area contributed by atoms with Crippen molar-refractivity contribution in [1.82, 2.24) is 9.97 Å². The minimum Gasteiger partial charge on any atom is -0.384 e. The Hall–Kier alpha value is -2.42. The average Bonchev–Trinajstić information content (AvgIpc) is 2.48. The van der Waals surface area contributed by atoms with Gasteiger partial charge in [-0.1, -0.05) is 23.4 Å². The van der Waals surface area contributed by atoms with Gasteiger partial charge >= 0.3 is 0 Å². The van der Waals surface area contributed by atoms with Crippen LogP contribution in [0, 0.1) is 11.8 Å². The number of hydrogen-bond acceptors (Lipinski definition) is 4. The molecule has 2 aromatic rings. The molecule has 0 saturated heterocycles. The molecule has 0 bridgehead atoms. The van der Waals surface area contributed by atoms with Crippen molar-refractivity contribution in [2.24, 2.45) is 0 Å². The van der Waals surface area contributed by atoms with Crippen LogP contribution in [0.25, 0.3) is 0 Å². The molecule has 0 spiro atoms. The molecule has 0 fully saturated rings. The number of aromatic nitrogens is 2. The summed E-state index contributed by atoms with van der Waals surface area (Å²) in [5.74, 6) is 5.23. The minimum atomic E-state index is -0.347. The first-order valence-corrected chi connectivity index (χ1v) is 6.04. The number of carbonyl (C=O) groups excluding carboxylic acids is 1. The lowest BCUT2D eigenvalue weighted by molar-refractivity contribution is 0.102. The van der Waals surface area contributed by atoms with Gasteiger partial charge in [0.05, 0.1) is 10.6 Å². The van der Waals surface area contributed by atoms with Gasteiger partial charge in [0.2, 0.25) is 0 Å². The lowest BCUT2D eigenvalue weighted by Crippen LogP contribution is -2.13. The Morgan fingerprint density at radius 3 is 2.90 bits per heavy atom. The Morgan fingerprint density at radius 2 is 2.20 bits per heavy atom. The van der Waals surface area contributed by atoms with E-state index in [1.807, 2.05) is 0 Å². The number of carbonyl (C=O) groups is 1. The number of pyridine rings is 2. The Morgan fingerprint density at radius 1 is 1.35 bits per heavy atom. The molecule has 20 heavy (non-hydrogen) atoms. The first-order chi connectivity index (χ1) is 9.69. The van der Waals surface area contributed by atoms with Gasteiger partial charge in [0.15, 0.2) is 0 Å². The van der Waals surface area contributed by atoms with Crippen LogP contribution in [0.15, 0.2) is 36.8 Å². The van der Waals surface area contributed by atoms with Crippen LogP contribution < -0.4 is 5.32 Å². The Bertz CT molecular complexity index is 675. The predicted molar refractivity (Wildman–Crippen MR) is 75.4 cm³/mol. The average molecular weight is 288 g/mol. The standard InChI is InChI=1S/C14H10ClN3O2/c15-12-3-4-13(17-9-12)18-14(20)11-6-10(2-1-5-19)7-16-8-11/h3-4,6-9,19H,5H2,(H,17,18,20). The van der Waals surface area contributed by atoms with E-state index in [1.54, 1.807) is 18.2 Å². The van der Waals surface area contributed by atoms with Crippen LogP contribution in [-0.4, -0.2) is 27.6 Å². The fourth-order valence-corrected chi connectivity index (χ4v) is 1.52. The molecule has 6 heteroatoms. The van der Waals surface area contributed by atoms with E-state index in [0.717, 1.165) is 0 Å². The molecular weight excluding hydrogens is 278 g/mol. The van der Waals surface area contributed by atoms with E-state index in [9.17, 15) is 4.79 Å². The van der Waals surface area contributed by atoms with E-state index in [1.165, 1.54) is 18.6 Å². The molecule has 2 heterocycles. The highest BCUT2D eigenvalue weighted by molar-refractivity contribution is 6.30. The summed E-state index contributed by atoms with van der Waals surface area (Å²) in [6.45, 7) is -0.245. The molecule has 0 aliphatic carbocycles. The third kappa shape index (κ3) is 3.79. The predicted octanol–water partition coefficient (Wildman–Crippen LogP) is 1.73. The zero-order chi connectivity index (χ0) is 14.4. The number of halogens is 1. The third-order valence-corrected chi connectivity index (χ3v) is 2.50. The summed E-state index contributed by atoms with van der Waals surface area (Å²) >= 11 is 5.71. The zero-order valence-corrected chi connectivity index (χ0v) is 11.1. The highest BCUT2D eigenvalue weighted by Crippen LogP contribution is 2.11. The third-order valence-electron chi connectivity index (χ3n) is 2.28. The van der Waals surface area contributed by atoms with Gasteiger partial charge in [-0.25, -0.2) is 4.98 Å². The highest BCUT2D eigenvalue weighted by Gasteiger charge is 2.07. The number of aliphatic hydroxyl groups is 1. The van der Waals surface area contributed by atoms with Crippen molar-refractivity contribution < 1.29 is 9.90 Å². The second-order valence-corrected chi connectivity index (χ2v) is 4.17. The van der Waals surface area contributed by atoms with Crippen LogP contribution in [0.4, 0.5) is 5.82 Å². The molecule has 0 unspecified atom stereocenters. The normalized spacial score (nSPS) is 9.50. The van der Waals surface area contributed by atoms with E-state index < -0.39 is 0 Å². The molecule has 100 valence electrons. The summed E-state index contributed by atoms with van der Waals surface area (Å²) < 4.78 is 0. The second-order valence-electron chi connectivity index (χ2n) is 3.74. The Balaban J connectivity index is 2.14. The molecular formula is C14H10ClN3O2. The molecule has 0 atom stereocenters. The lowest BCUT2D eigenvalue weighted by Gasteiger charge is -2.04. The summed E-state index contributed by atoms with van der Waals surface area (Å²) in [6, 6.07) is 4.82. The molecule has 5 nitrogen and oxygen atoms in total. The number of hydrogen-bond donors (Lipinski definition) is 2. The largest absolute Gasteiger partial charge is 0.384 e. The van der Waals surface area contributed by atoms with Crippen LogP contribution in [0.2, 0.25) is 5.02 Å². The number of rotatable bonds is 2. The van der Waals surface area contributed by atoms with Crippen molar-refractivity contribution in [2.75, 3.05) is 11.9 Å². The molecule has 0 aliphatic rings. The van der Waals surface area contributed by atoms with Crippen LogP contribution in [0.5, 0.6) is 0 Å². The molecule has 1 amide bonds. The Kier molecular flexibility index (Phi) is 4.66. The number of anilines is 1. The number of amides is 1. The van der Waals surface area contributed by atoms with Gasteiger partial charge in [-0.3, -0.25) is 9.78 Å².